The molecule has 0 aromatic heterocycles. The maximum Gasteiger partial charge on any atom is 0.226 e. The Balaban J connectivity index is 0.00000196. The molecule has 2 aromatic carbocycles. The zero-order chi connectivity index (χ0) is 18.4. The predicted octanol–water partition coefficient (Wildman–Crippen LogP) is 4.03. The van der Waals surface area contributed by atoms with E-state index in [0.717, 1.165) is 44.0 Å². The van der Waals surface area contributed by atoms with Gasteiger partial charge >= 0.3 is 0 Å². The number of nitrogen functional groups attached to an aromatic ring is 1. The molecular weight excluding hydrogens is 393 g/mol. The van der Waals surface area contributed by atoms with Crippen LogP contribution in [0.1, 0.15) is 24.5 Å². The summed E-state index contributed by atoms with van der Waals surface area (Å²) in [5, 5.41) is 0. The van der Waals surface area contributed by atoms with E-state index >= 15 is 0 Å². The molecule has 154 valence electrons. The number of likely N-dealkylation sites (tertiary alicyclic amines) is 1. The number of carbonyl (C=O) groups is 1. The second-order valence-electron chi connectivity index (χ2n) is 7.23. The third kappa shape index (κ3) is 7.01. The third-order valence-corrected chi connectivity index (χ3v) is 5.17. The lowest BCUT2D eigenvalue weighted by Crippen LogP contribution is -2.37. The van der Waals surface area contributed by atoms with Crippen molar-refractivity contribution >= 4 is 36.4 Å². The average Bonchev–Trinajstić information content (AvgIpc) is 3.09. The van der Waals surface area contributed by atoms with Crippen LogP contribution in [0.25, 0.3) is 0 Å². The topological polar surface area (TPSA) is 49.6 Å². The van der Waals surface area contributed by atoms with Crippen molar-refractivity contribution in [3.63, 3.8) is 0 Å². The molecule has 0 aliphatic carbocycles. The van der Waals surface area contributed by atoms with Crippen LogP contribution >= 0.6 is 24.8 Å². The first-order chi connectivity index (χ1) is 12.6. The fourth-order valence-corrected chi connectivity index (χ4v) is 3.69. The molecule has 1 atom stereocenters. The van der Waals surface area contributed by atoms with Crippen LogP contribution in [-0.4, -0.2) is 41.9 Å². The van der Waals surface area contributed by atoms with E-state index in [1.807, 2.05) is 29.2 Å². The maximum atomic E-state index is 12.7. The van der Waals surface area contributed by atoms with Gasteiger partial charge in [0, 0.05) is 31.9 Å². The molecule has 1 amide bonds. The van der Waals surface area contributed by atoms with Gasteiger partial charge in [0.15, 0.2) is 0 Å². The number of nitrogens with two attached hydrogens (primary N) is 1. The molecule has 2 N–H and O–H groups in total. The Morgan fingerprint density at radius 1 is 1.07 bits per heavy atom. The molecule has 6 heteroatoms. The zero-order valence-corrected chi connectivity index (χ0v) is 18.1. The van der Waals surface area contributed by atoms with Crippen LogP contribution in [0.15, 0.2) is 54.6 Å². The van der Waals surface area contributed by atoms with Gasteiger partial charge in [-0.3, -0.25) is 9.69 Å². The Kier molecular flexibility index (Phi) is 10.4. The van der Waals surface area contributed by atoms with Gasteiger partial charge in [-0.25, -0.2) is 0 Å². The van der Waals surface area contributed by atoms with Gasteiger partial charge in [-0.15, -0.1) is 24.8 Å². The summed E-state index contributed by atoms with van der Waals surface area (Å²) in [4.78, 5) is 17.2. The monoisotopic (exact) mass is 423 g/mol. The van der Waals surface area contributed by atoms with E-state index in [0.29, 0.717) is 12.3 Å². The van der Waals surface area contributed by atoms with Crippen molar-refractivity contribution in [1.82, 2.24) is 9.80 Å². The second kappa shape index (κ2) is 11.9. The Bertz CT molecular complexity index is 709. The van der Waals surface area contributed by atoms with Crippen LogP contribution in [0.2, 0.25) is 0 Å². The van der Waals surface area contributed by atoms with Crippen LogP contribution < -0.4 is 5.73 Å². The minimum Gasteiger partial charge on any atom is -0.399 e. The Labute approximate surface area is 180 Å². The molecule has 1 fully saturated rings. The summed E-state index contributed by atoms with van der Waals surface area (Å²) < 4.78 is 0. The zero-order valence-electron chi connectivity index (χ0n) is 16.4. The number of hydrogen-bond donors (Lipinski definition) is 1. The summed E-state index contributed by atoms with van der Waals surface area (Å²) in [7, 11) is 0. The summed E-state index contributed by atoms with van der Waals surface area (Å²) in [5.74, 6) is 0.771. The molecule has 0 spiro atoms. The van der Waals surface area contributed by atoms with Crippen molar-refractivity contribution in [2.75, 3.05) is 31.9 Å². The van der Waals surface area contributed by atoms with E-state index in [1.54, 1.807) is 0 Å². The van der Waals surface area contributed by atoms with Crippen molar-refractivity contribution in [2.24, 2.45) is 5.92 Å². The summed E-state index contributed by atoms with van der Waals surface area (Å²) in [5.41, 5.74) is 8.84. The lowest BCUT2D eigenvalue weighted by atomic mass is 10.1. The second-order valence-corrected chi connectivity index (χ2v) is 7.23. The first-order valence-electron chi connectivity index (χ1n) is 9.52. The number of benzene rings is 2. The summed E-state index contributed by atoms with van der Waals surface area (Å²) in [6.07, 6.45) is 1.62. The number of anilines is 1. The standard InChI is InChI=1S/C22H29N3O.2ClH/c1-2-25(22(26)14-18-8-10-21(23)11-9-18)17-20-12-13-24(16-20)15-19-6-4-3-5-7-19;;/h3-11,20H,2,12-17,23H2,1H3;2*1H. The molecule has 1 aliphatic heterocycles. The maximum absolute atomic E-state index is 12.7. The first kappa shape index (κ1) is 24.3. The van der Waals surface area contributed by atoms with Gasteiger partial charge in [-0.2, -0.15) is 0 Å². The largest absolute Gasteiger partial charge is 0.399 e. The van der Waals surface area contributed by atoms with E-state index in [1.165, 1.54) is 12.0 Å². The highest BCUT2D eigenvalue weighted by Gasteiger charge is 2.25. The Morgan fingerprint density at radius 2 is 1.75 bits per heavy atom. The molecule has 1 saturated heterocycles. The summed E-state index contributed by atoms with van der Waals surface area (Å²) in [6, 6.07) is 18.2. The minimum absolute atomic E-state index is 0. The Hall–Kier alpha value is -1.75. The van der Waals surface area contributed by atoms with Gasteiger partial charge in [0.25, 0.3) is 0 Å². The number of hydrogen-bond acceptors (Lipinski definition) is 3. The van der Waals surface area contributed by atoms with Crippen molar-refractivity contribution < 1.29 is 4.79 Å². The van der Waals surface area contributed by atoms with E-state index in [9.17, 15) is 4.79 Å². The van der Waals surface area contributed by atoms with E-state index in [4.69, 9.17) is 5.73 Å². The highest BCUT2D eigenvalue weighted by atomic mass is 35.5. The summed E-state index contributed by atoms with van der Waals surface area (Å²) in [6.45, 7) is 6.88. The normalized spacial score (nSPS) is 16.1. The number of carbonyl (C=O) groups excluding carboxylic acids is 1. The quantitative estimate of drug-likeness (QED) is 0.683. The average molecular weight is 424 g/mol. The van der Waals surface area contributed by atoms with Gasteiger partial charge in [0.05, 0.1) is 6.42 Å². The lowest BCUT2D eigenvalue weighted by Gasteiger charge is -2.25. The van der Waals surface area contributed by atoms with Gasteiger partial charge in [-0.1, -0.05) is 42.5 Å². The van der Waals surface area contributed by atoms with Crippen LogP contribution in [0, 0.1) is 5.92 Å². The smallest absolute Gasteiger partial charge is 0.226 e. The van der Waals surface area contributed by atoms with Crippen LogP contribution in [-0.2, 0) is 17.8 Å². The molecule has 1 unspecified atom stereocenters. The molecule has 0 radical (unpaired) electrons. The van der Waals surface area contributed by atoms with Crippen molar-refractivity contribution in [3.05, 3.63) is 65.7 Å². The molecular formula is C22H31Cl2N3O. The molecule has 0 bridgehead atoms. The fourth-order valence-electron chi connectivity index (χ4n) is 3.69. The lowest BCUT2D eigenvalue weighted by molar-refractivity contribution is -0.130. The highest BCUT2D eigenvalue weighted by molar-refractivity contribution is 5.85. The van der Waals surface area contributed by atoms with Gasteiger partial charge < -0.3 is 10.6 Å². The van der Waals surface area contributed by atoms with Crippen LogP contribution in [0.4, 0.5) is 5.69 Å². The summed E-state index contributed by atoms with van der Waals surface area (Å²) >= 11 is 0. The molecule has 28 heavy (non-hydrogen) atoms. The van der Waals surface area contributed by atoms with E-state index < -0.39 is 0 Å². The van der Waals surface area contributed by atoms with Crippen molar-refractivity contribution in [3.8, 4) is 0 Å². The Morgan fingerprint density at radius 3 is 2.39 bits per heavy atom. The number of rotatable bonds is 7. The van der Waals surface area contributed by atoms with Crippen molar-refractivity contribution in [1.29, 1.82) is 0 Å². The van der Waals surface area contributed by atoms with Crippen LogP contribution in [0.5, 0.6) is 0 Å². The van der Waals surface area contributed by atoms with Gasteiger partial charge in [0.2, 0.25) is 5.91 Å². The molecule has 4 nitrogen and oxygen atoms in total. The molecule has 1 heterocycles. The number of halogens is 2. The number of amides is 1. The highest BCUT2D eigenvalue weighted by Crippen LogP contribution is 2.20. The molecule has 1 aliphatic rings. The van der Waals surface area contributed by atoms with E-state index in [-0.39, 0.29) is 30.7 Å². The third-order valence-electron chi connectivity index (χ3n) is 5.17. The minimum atomic E-state index is 0. The van der Waals surface area contributed by atoms with E-state index in [2.05, 4.69) is 42.2 Å². The number of nitrogens with zero attached hydrogens (tertiary/aromatic N) is 2. The van der Waals surface area contributed by atoms with Crippen LogP contribution in [0.3, 0.4) is 0 Å². The molecule has 0 saturated carbocycles. The number of likely N-dealkylation sites (N-methyl/N-ethyl adjacent to an activating group) is 1. The first-order valence-corrected chi connectivity index (χ1v) is 9.52. The fraction of sp³-hybridized carbons (Fsp3) is 0.409. The predicted molar refractivity (Wildman–Crippen MR) is 121 cm³/mol. The van der Waals surface area contributed by atoms with Crippen molar-refractivity contribution in [2.45, 2.75) is 26.3 Å². The molecule has 3 rings (SSSR count). The van der Waals surface area contributed by atoms with Gasteiger partial charge in [-0.05, 0) is 49.1 Å². The molecule has 2 aromatic rings. The SMILES string of the molecule is CCN(CC1CCN(Cc2ccccc2)C1)C(=O)Cc1ccc(N)cc1.Cl.Cl. The van der Waals surface area contributed by atoms with Gasteiger partial charge in [0.1, 0.15) is 0 Å².